The van der Waals surface area contributed by atoms with E-state index in [2.05, 4.69) is 31.0 Å². The van der Waals surface area contributed by atoms with Gasteiger partial charge in [0.05, 0.1) is 11.6 Å². The predicted octanol–water partition coefficient (Wildman–Crippen LogP) is 5.08. The fourth-order valence-electron chi connectivity index (χ4n) is 3.76. The number of aliphatic hydroxyl groups excluding tert-OH is 1. The number of aromatic nitrogens is 2. The summed E-state index contributed by atoms with van der Waals surface area (Å²) in [7, 11) is 0. The van der Waals surface area contributed by atoms with Crippen molar-refractivity contribution in [3.05, 3.63) is 81.4 Å². The van der Waals surface area contributed by atoms with Gasteiger partial charge in [-0.25, -0.2) is 0 Å². The molecule has 3 aromatic rings. The van der Waals surface area contributed by atoms with E-state index in [1.165, 1.54) is 16.2 Å². The number of aliphatic hydroxyl groups is 1. The van der Waals surface area contributed by atoms with Crippen molar-refractivity contribution in [3.8, 4) is 0 Å². The Morgan fingerprint density at radius 2 is 1.59 bits per heavy atom. The molecule has 0 saturated carbocycles. The number of amides is 1. The molecule has 2 aromatic carbocycles. The zero-order valence-corrected chi connectivity index (χ0v) is 19.5. The molecule has 7 heteroatoms. The quantitative estimate of drug-likeness (QED) is 0.344. The first kappa shape index (κ1) is 21.9. The zero-order valence-electron chi connectivity index (χ0n) is 18.7. The van der Waals surface area contributed by atoms with Crippen molar-refractivity contribution in [2.45, 2.75) is 46.1 Å². The van der Waals surface area contributed by atoms with Crippen molar-refractivity contribution in [1.82, 2.24) is 10.2 Å². The van der Waals surface area contributed by atoms with E-state index in [0.29, 0.717) is 15.7 Å². The molecule has 1 unspecified atom stereocenters. The molecule has 0 spiro atoms. The van der Waals surface area contributed by atoms with Crippen LogP contribution in [0.25, 0.3) is 5.76 Å². The fraction of sp³-hybridized carbons (Fsp3) is 0.280. The lowest BCUT2D eigenvalue weighted by molar-refractivity contribution is -0.132. The Morgan fingerprint density at radius 1 is 0.969 bits per heavy atom. The van der Waals surface area contributed by atoms with E-state index in [1.807, 2.05) is 43.3 Å². The first-order chi connectivity index (χ1) is 15.1. The molecule has 4 rings (SSSR count). The maximum atomic E-state index is 13.1. The highest BCUT2D eigenvalue weighted by molar-refractivity contribution is 7.15. The van der Waals surface area contributed by atoms with Crippen molar-refractivity contribution in [2.75, 3.05) is 4.90 Å². The van der Waals surface area contributed by atoms with Crippen LogP contribution in [0.1, 0.15) is 54.1 Å². The second kappa shape index (κ2) is 7.98. The Hall–Kier alpha value is -3.32. The van der Waals surface area contributed by atoms with Gasteiger partial charge in [0.25, 0.3) is 5.78 Å². The van der Waals surface area contributed by atoms with E-state index >= 15 is 0 Å². The summed E-state index contributed by atoms with van der Waals surface area (Å²) in [6, 6.07) is 14.2. The lowest BCUT2D eigenvalue weighted by Crippen LogP contribution is -2.29. The number of anilines is 1. The van der Waals surface area contributed by atoms with E-state index in [0.717, 1.165) is 16.7 Å². The topological polar surface area (TPSA) is 83.4 Å². The Labute approximate surface area is 191 Å². The van der Waals surface area contributed by atoms with Gasteiger partial charge in [0.15, 0.2) is 0 Å². The summed E-state index contributed by atoms with van der Waals surface area (Å²) in [6.07, 6.45) is 0. The van der Waals surface area contributed by atoms with Crippen molar-refractivity contribution < 1.29 is 14.7 Å². The largest absolute Gasteiger partial charge is 0.507 e. The molecule has 1 aliphatic heterocycles. The van der Waals surface area contributed by atoms with Crippen molar-refractivity contribution in [3.63, 3.8) is 0 Å². The lowest BCUT2D eigenvalue weighted by Gasteiger charge is -2.24. The minimum Gasteiger partial charge on any atom is -0.507 e. The van der Waals surface area contributed by atoms with Crippen LogP contribution in [0.3, 0.4) is 0 Å². The standard InChI is InChI=1S/C25H25N3O3S/c1-14-6-8-17(9-7-14)21(29)19-20(16-10-12-18(13-11-16)25(3,4)5)28(23(31)22(19)30)24-27-26-15(2)32-24/h6-13,20,29H,1-5H3/b21-19+. The fourth-order valence-corrected chi connectivity index (χ4v) is 4.48. The highest BCUT2D eigenvalue weighted by Gasteiger charge is 2.48. The maximum absolute atomic E-state index is 13.1. The SMILES string of the molecule is Cc1ccc(/C(O)=C2\C(=O)C(=O)N(c3nnc(C)s3)C2c2ccc(C(C)(C)C)cc2)cc1. The third-order valence-corrected chi connectivity index (χ3v) is 6.42. The van der Waals surface area contributed by atoms with Crippen molar-refractivity contribution >= 4 is 33.9 Å². The van der Waals surface area contributed by atoms with Gasteiger partial charge in [-0.2, -0.15) is 0 Å². The van der Waals surface area contributed by atoms with Gasteiger partial charge in [-0.3, -0.25) is 14.5 Å². The molecule has 1 saturated heterocycles. The van der Waals surface area contributed by atoms with Crippen LogP contribution in [-0.4, -0.2) is 27.0 Å². The molecule has 32 heavy (non-hydrogen) atoms. The number of aryl methyl sites for hydroxylation is 2. The van der Waals surface area contributed by atoms with Gasteiger partial charge in [0, 0.05) is 5.56 Å². The Balaban J connectivity index is 1.91. The molecular formula is C25H25N3O3S. The Bertz CT molecular complexity index is 1220. The second-order valence-corrected chi connectivity index (χ2v) is 10.2. The van der Waals surface area contributed by atoms with Crippen LogP contribution < -0.4 is 4.90 Å². The number of rotatable bonds is 3. The molecule has 1 N–H and O–H groups in total. The van der Waals surface area contributed by atoms with Crippen molar-refractivity contribution in [1.29, 1.82) is 0 Å². The Morgan fingerprint density at radius 3 is 2.12 bits per heavy atom. The molecule has 1 aromatic heterocycles. The van der Waals surface area contributed by atoms with Gasteiger partial charge >= 0.3 is 5.91 Å². The van der Waals surface area contributed by atoms with Crippen LogP contribution in [-0.2, 0) is 15.0 Å². The number of Topliss-reactive ketones (excluding diaryl/α,β-unsaturated/α-hetero) is 1. The third-order valence-electron chi connectivity index (χ3n) is 5.58. The highest BCUT2D eigenvalue weighted by atomic mass is 32.1. The smallest absolute Gasteiger partial charge is 0.301 e. The summed E-state index contributed by atoms with van der Waals surface area (Å²) >= 11 is 1.23. The minimum atomic E-state index is -0.794. The summed E-state index contributed by atoms with van der Waals surface area (Å²) in [4.78, 5) is 27.6. The van der Waals surface area contributed by atoms with Crippen LogP contribution >= 0.6 is 11.3 Å². The molecule has 1 atom stereocenters. The highest BCUT2D eigenvalue weighted by Crippen LogP contribution is 2.43. The normalized spacial score (nSPS) is 18.4. The first-order valence-electron chi connectivity index (χ1n) is 10.4. The van der Waals surface area contributed by atoms with Crippen LogP contribution in [0, 0.1) is 13.8 Å². The van der Waals surface area contributed by atoms with Gasteiger partial charge in [0.2, 0.25) is 5.13 Å². The van der Waals surface area contributed by atoms with Gasteiger partial charge in [-0.05, 0) is 30.4 Å². The number of carbonyl (C=O) groups is 2. The lowest BCUT2D eigenvalue weighted by atomic mass is 9.85. The first-order valence-corrected chi connectivity index (χ1v) is 11.2. The zero-order chi connectivity index (χ0) is 23.2. The molecular weight excluding hydrogens is 422 g/mol. The monoisotopic (exact) mass is 447 g/mol. The molecule has 0 radical (unpaired) electrons. The number of carbonyl (C=O) groups excluding carboxylic acids is 2. The van der Waals surface area contributed by atoms with Gasteiger partial charge in [-0.1, -0.05) is 86.2 Å². The average Bonchev–Trinajstić information content (AvgIpc) is 3.28. The number of nitrogens with zero attached hydrogens (tertiary/aromatic N) is 3. The number of benzene rings is 2. The van der Waals surface area contributed by atoms with E-state index in [-0.39, 0.29) is 16.7 Å². The summed E-state index contributed by atoms with van der Waals surface area (Å²) in [6.45, 7) is 10.1. The van der Waals surface area contributed by atoms with Crippen LogP contribution in [0.4, 0.5) is 5.13 Å². The average molecular weight is 448 g/mol. The number of ketones is 1. The van der Waals surface area contributed by atoms with E-state index in [1.54, 1.807) is 19.1 Å². The predicted molar refractivity (Wildman–Crippen MR) is 126 cm³/mol. The molecule has 0 aliphatic carbocycles. The Kier molecular flexibility index (Phi) is 5.46. The second-order valence-electron chi connectivity index (χ2n) is 9.01. The third kappa shape index (κ3) is 3.84. The molecule has 0 bridgehead atoms. The van der Waals surface area contributed by atoms with E-state index < -0.39 is 17.7 Å². The molecule has 1 aliphatic rings. The summed E-state index contributed by atoms with van der Waals surface area (Å²) in [5.41, 5.74) is 3.37. The summed E-state index contributed by atoms with van der Waals surface area (Å²) < 4.78 is 0. The maximum Gasteiger partial charge on any atom is 0.301 e. The van der Waals surface area contributed by atoms with Gasteiger partial charge < -0.3 is 5.11 Å². The van der Waals surface area contributed by atoms with Crippen LogP contribution in [0.2, 0.25) is 0 Å². The van der Waals surface area contributed by atoms with Crippen LogP contribution in [0.15, 0.2) is 54.1 Å². The van der Waals surface area contributed by atoms with E-state index in [9.17, 15) is 14.7 Å². The molecule has 6 nitrogen and oxygen atoms in total. The molecule has 2 heterocycles. The molecule has 1 fully saturated rings. The van der Waals surface area contributed by atoms with E-state index in [4.69, 9.17) is 0 Å². The van der Waals surface area contributed by atoms with Crippen molar-refractivity contribution in [2.24, 2.45) is 0 Å². The van der Waals surface area contributed by atoms with Crippen LogP contribution in [0.5, 0.6) is 0 Å². The summed E-state index contributed by atoms with van der Waals surface area (Å²) in [5.74, 6) is -1.66. The van der Waals surface area contributed by atoms with Gasteiger partial charge in [0.1, 0.15) is 10.8 Å². The number of hydrogen-bond acceptors (Lipinski definition) is 6. The number of hydrogen-bond donors (Lipinski definition) is 1. The molecule has 164 valence electrons. The molecule has 1 amide bonds. The summed E-state index contributed by atoms with van der Waals surface area (Å²) in [5, 5.41) is 20.3. The minimum absolute atomic E-state index is 0.0431. The van der Waals surface area contributed by atoms with Gasteiger partial charge in [-0.15, -0.1) is 10.2 Å².